The summed E-state index contributed by atoms with van der Waals surface area (Å²) in [6, 6.07) is 5.56. The number of benzene rings is 1. The Morgan fingerprint density at radius 2 is 2.17 bits per heavy atom. The maximum absolute atomic E-state index is 11.3. The Morgan fingerprint density at radius 1 is 1.50 bits per heavy atom. The Kier molecular flexibility index (Phi) is 4.83. The van der Waals surface area contributed by atoms with Gasteiger partial charge in [-0.15, -0.1) is 0 Å². The van der Waals surface area contributed by atoms with Crippen LogP contribution in [0.4, 0.5) is 11.4 Å². The summed E-state index contributed by atoms with van der Waals surface area (Å²) >= 11 is 0. The largest absolute Gasteiger partial charge is 0.489 e. The zero-order valence-electron chi connectivity index (χ0n) is 11.4. The number of nitrogen functional groups attached to an aromatic ring is 1. The van der Waals surface area contributed by atoms with Crippen molar-refractivity contribution in [2.75, 3.05) is 31.3 Å². The summed E-state index contributed by atoms with van der Waals surface area (Å²) in [5, 5.41) is 2.58. The topological polar surface area (TPSA) is 67.6 Å². The SMILES string of the molecule is CNC(=O)CN(C)c1cccc(OC(C)C)c1N. The molecular weight excluding hydrogens is 230 g/mol. The Bertz CT molecular complexity index is 419. The van der Waals surface area contributed by atoms with Crippen molar-refractivity contribution in [1.82, 2.24) is 5.32 Å². The molecule has 1 aromatic rings. The molecule has 0 unspecified atom stereocenters. The van der Waals surface area contributed by atoms with E-state index in [1.54, 1.807) is 11.9 Å². The van der Waals surface area contributed by atoms with Gasteiger partial charge in [-0.1, -0.05) is 6.07 Å². The minimum atomic E-state index is -0.0629. The van der Waals surface area contributed by atoms with Crippen LogP contribution < -0.4 is 20.7 Å². The molecule has 0 heterocycles. The van der Waals surface area contributed by atoms with Gasteiger partial charge in [-0.3, -0.25) is 4.79 Å². The van der Waals surface area contributed by atoms with E-state index in [4.69, 9.17) is 10.5 Å². The molecule has 1 aromatic carbocycles. The van der Waals surface area contributed by atoms with E-state index in [0.29, 0.717) is 11.4 Å². The number of nitrogens with one attached hydrogen (secondary N) is 1. The number of amides is 1. The van der Waals surface area contributed by atoms with Gasteiger partial charge >= 0.3 is 0 Å². The van der Waals surface area contributed by atoms with E-state index < -0.39 is 0 Å². The molecule has 0 fully saturated rings. The van der Waals surface area contributed by atoms with E-state index in [9.17, 15) is 4.79 Å². The second kappa shape index (κ2) is 6.14. The van der Waals surface area contributed by atoms with Crippen molar-refractivity contribution in [2.24, 2.45) is 0 Å². The zero-order chi connectivity index (χ0) is 13.7. The number of ether oxygens (including phenoxy) is 1. The second-order valence-corrected chi connectivity index (χ2v) is 4.38. The molecule has 0 aliphatic rings. The lowest BCUT2D eigenvalue weighted by Crippen LogP contribution is -2.33. The predicted octanol–water partition coefficient (Wildman–Crippen LogP) is 1.24. The standard InChI is InChI=1S/C13H21N3O2/c1-9(2)18-11-7-5-6-10(13(11)14)16(4)8-12(17)15-3/h5-7,9H,8,14H2,1-4H3,(H,15,17). The van der Waals surface area contributed by atoms with E-state index in [-0.39, 0.29) is 18.6 Å². The van der Waals surface area contributed by atoms with Gasteiger partial charge in [-0.2, -0.15) is 0 Å². The van der Waals surface area contributed by atoms with Crippen molar-refractivity contribution in [3.05, 3.63) is 18.2 Å². The van der Waals surface area contributed by atoms with Crippen LogP contribution in [0.1, 0.15) is 13.8 Å². The molecule has 1 rings (SSSR count). The molecule has 100 valence electrons. The van der Waals surface area contributed by atoms with Crippen LogP contribution in [0.5, 0.6) is 5.75 Å². The Balaban J connectivity index is 2.92. The number of carbonyl (C=O) groups excluding carboxylic acids is 1. The van der Waals surface area contributed by atoms with Crippen molar-refractivity contribution < 1.29 is 9.53 Å². The van der Waals surface area contributed by atoms with E-state index in [2.05, 4.69) is 5.32 Å². The number of nitrogens with two attached hydrogens (primary N) is 1. The first-order chi connectivity index (χ1) is 8.45. The van der Waals surface area contributed by atoms with Crippen LogP contribution >= 0.6 is 0 Å². The maximum Gasteiger partial charge on any atom is 0.239 e. The van der Waals surface area contributed by atoms with Gasteiger partial charge in [-0.05, 0) is 26.0 Å². The number of carbonyl (C=O) groups is 1. The minimum Gasteiger partial charge on any atom is -0.489 e. The number of hydrogen-bond donors (Lipinski definition) is 2. The third kappa shape index (κ3) is 3.55. The van der Waals surface area contributed by atoms with Gasteiger partial charge in [-0.25, -0.2) is 0 Å². The molecule has 5 nitrogen and oxygen atoms in total. The molecule has 1 amide bonds. The summed E-state index contributed by atoms with van der Waals surface area (Å²) in [5.41, 5.74) is 7.39. The molecule has 0 atom stereocenters. The fourth-order valence-corrected chi connectivity index (χ4v) is 1.60. The van der Waals surface area contributed by atoms with Crippen molar-refractivity contribution >= 4 is 17.3 Å². The van der Waals surface area contributed by atoms with Gasteiger partial charge in [0.05, 0.1) is 24.0 Å². The van der Waals surface area contributed by atoms with Crippen LogP contribution in [0.15, 0.2) is 18.2 Å². The lowest BCUT2D eigenvalue weighted by atomic mass is 10.2. The number of hydrogen-bond acceptors (Lipinski definition) is 4. The molecule has 18 heavy (non-hydrogen) atoms. The summed E-state index contributed by atoms with van der Waals surface area (Å²) < 4.78 is 5.61. The minimum absolute atomic E-state index is 0.0618. The van der Waals surface area contributed by atoms with Crippen LogP contribution in [0.2, 0.25) is 0 Å². The van der Waals surface area contributed by atoms with Gasteiger partial charge in [0.15, 0.2) is 0 Å². The van der Waals surface area contributed by atoms with Crippen molar-refractivity contribution in [2.45, 2.75) is 20.0 Å². The Labute approximate surface area is 108 Å². The third-order valence-electron chi connectivity index (χ3n) is 2.48. The molecule has 0 saturated heterocycles. The van der Waals surface area contributed by atoms with Crippen molar-refractivity contribution in [3.63, 3.8) is 0 Å². The Hall–Kier alpha value is -1.91. The van der Waals surface area contributed by atoms with Gasteiger partial charge in [0, 0.05) is 14.1 Å². The number of likely N-dealkylation sites (N-methyl/N-ethyl adjacent to an activating group) is 2. The van der Waals surface area contributed by atoms with Gasteiger partial charge in [0.2, 0.25) is 5.91 Å². The maximum atomic E-state index is 11.3. The summed E-state index contributed by atoms with van der Waals surface area (Å²) in [5.74, 6) is 0.582. The van der Waals surface area contributed by atoms with Crippen LogP contribution in [0.3, 0.4) is 0 Å². The van der Waals surface area contributed by atoms with Gasteiger partial charge < -0.3 is 20.7 Å². The van der Waals surface area contributed by atoms with E-state index in [1.165, 1.54) is 0 Å². The Morgan fingerprint density at radius 3 is 2.72 bits per heavy atom. The third-order valence-corrected chi connectivity index (χ3v) is 2.48. The van der Waals surface area contributed by atoms with Crippen molar-refractivity contribution in [3.8, 4) is 5.75 Å². The molecule has 0 aliphatic heterocycles. The predicted molar refractivity (Wildman–Crippen MR) is 74.0 cm³/mol. The molecular formula is C13H21N3O2. The van der Waals surface area contributed by atoms with Crippen LogP contribution in [-0.2, 0) is 4.79 Å². The molecule has 3 N–H and O–H groups in total. The van der Waals surface area contributed by atoms with Crippen LogP contribution in [0.25, 0.3) is 0 Å². The van der Waals surface area contributed by atoms with Gasteiger partial charge in [0.1, 0.15) is 5.75 Å². The normalized spacial score (nSPS) is 10.3. The summed E-state index contributed by atoms with van der Waals surface area (Å²) in [7, 11) is 3.43. The second-order valence-electron chi connectivity index (χ2n) is 4.38. The fraction of sp³-hybridized carbons (Fsp3) is 0.462. The highest BCUT2D eigenvalue weighted by Gasteiger charge is 2.12. The highest BCUT2D eigenvalue weighted by Crippen LogP contribution is 2.32. The number of rotatable bonds is 5. The average Bonchev–Trinajstić information content (AvgIpc) is 2.31. The van der Waals surface area contributed by atoms with Gasteiger partial charge in [0.25, 0.3) is 0 Å². The lowest BCUT2D eigenvalue weighted by Gasteiger charge is -2.22. The summed E-state index contributed by atoms with van der Waals surface area (Å²) in [6.07, 6.45) is 0.0618. The van der Waals surface area contributed by atoms with E-state index in [0.717, 1.165) is 5.69 Å². The average molecular weight is 251 g/mol. The number of nitrogens with zero attached hydrogens (tertiary/aromatic N) is 1. The highest BCUT2D eigenvalue weighted by molar-refractivity contribution is 5.83. The fourth-order valence-electron chi connectivity index (χ4n) is 1.60. The van der Waals surface area contributed by atoms with E-state index >= 15 is 0 Å². The van der Waals surface area contributed by atoms with E-state index in [1.807, 2.05) is 39.1 Å². The first kappa shape index (κ1) is 14.2. The van der Waals surface area contributed by atoms with Crippen LogP contribution in [-0.4, -0.2) is 32.7 Å². The number of anilines is 2. The molecule has 0 radical (unpaired) electrons. The summed E-state index contributed by atoms with van der Waals surface area (Å²) in [4.78, 5) is 13.1. The summed E-state index contributed by atoms with van der Waals surface area (Å²) in [6.45, 7) is 4.15. The van der Waals surface area contributed by atoms with Crippen molar-refractivity contribution in [1.29, 1.82) is 0 Å². The molecule has 0 aliphatic carbocycles. The lowest BCUT2D eigenvalue weighted by molar-refractivity contribution is -0.119. The smallest absolute Gasteiger partial charge is 0.239 e. The molecule has 0 spiro atoms. The molecule has 0 aromatic heterocycles. The quantitative estimate of drug-likeness (QED) is 0.773. The monoisotopic (exact) mass is 251 g/mol. The first-order valence-electron chi connectivity index (χ1n) is 5.92. The highest BCUT2D eigenvalue weighted by atomic mass is 16.5. The molecule has 0 bridgehead atoms. The number of para-hydroxylation sites is 1. The molecule has 5 heteroatoms. The first-order valence-corrected chi connectivity index (χ1v) is 5.92. The zero-order valence-corrected chi connectivity index (χ0v) is 11.4. The molecule has 0 saturated carbocycles. The van der Waals surface area contributed by atoms with Crippen LogP contribution in [0, 0.1) is 0 Å².